The number of hydrogen-bond donors (Lipinski definition) is 3. The highest BCUT2D eigenvalue weighted by Gasteiger charge is 2.34. The van der Waals surface area contributed by atoms with Crippen LogP contribution in [-0.4, -0.2) is 27.5 Å². The summed E-state index contributed by atoms with van der Waals surface area (Å²) in [6.45, 7) is 2.76. The molecule has 0 amide bonds. The maximum absolute atomic E-state index is 12.1. The summed E-state index contributed by atoms with van der Waals surface area (Å²) in [5.74, 6) is 0.711. The van der Waals surface area contributed by atoms with E-state index in [0.717, 1.165) is 25.7 Å². The zero-order chi connectivity index (χ0) is 15.5. The van der Waals surface area contributed by atoms with Crippen molar-refractivity contribution in [3.8, 4) is 0 Å². The first-order valence-corrected chi connectivity index (χ1v) is 8.91. The second-order valence-corrected chi connectivity index (χ2v) is 7.85. The molecule has 0 bridgehead atoms. The van der Waals surface area contributed by atoms with Crippen molar-refractivity contribution >= 4 is 15.7 Å². The van der Waals surface area contributed by atoms with E-state index in [1.807, 2.05) is 6.07 Å². The van der Waals surface area contributed by atoms with Crippen molar-refractivity contribution in [2.75, 3.05) is 18.9 Å². The molecule has 4 N–H and O–H groups in total. The Morgan fingerprint density at radius 2 is 1.90 bits per heavy atom. The standard InChI is InChI=1S/C15H25N3O2S/c1-12-7-9-15(11-16,10-8-12)18-13-5-3-4-6-14(13)21(19,20)17-2/h3-6,12,17-18H,7-11,16H2,1-2H3. The molecule has 0 unspecified atom stereocenters. The van der Waals surface area contributed by atoms with E-state index in [9.17, 15) is 8.42 Å². The van der Waals surface area contributed by atoms with Crippen LogP contribution >= 0.6 is 0 Å². The number of nitrogens with one attached hydrogen (secondary N) is 2. The number of benzene rings is 1. The van der Waals surface area contributed by atoms with Crippen LogP contribution in [0.3, 0.4) is 0 Å². The van der Waals surface area contributed by atoms with E-state index in [4.69, 9.17) is 5.73 Å². The monoisotopic (exact) mass is 311 g/mol. The van der Waals surface area contributed by atoms with Gasteiger partial charge in [-0.25, -0.2) is 13.1 Å². The van der Waals surface area contributed by atoms with Crippen LogP contribution in [0.25, 0.3) is 0 Å². The van der Waals surface area contributed by atoms with Crippen molar-refractivity contribution in [1.82, 2.24) is 4.72 Å². The van der Waals surface area contributed by atoms with Gasteiger partial charge in [-0.1, -0.05) is 19.1 Å². The number of nitrogens with two attached hydrogens (primary N) is 1. The normalized spacial score (nSPS) is 26.5. The molecule has 0 radical (unpaired) electrons. The molecule has 0 atom stereocenters. The molecule has 1 saturated carbocycles. The Labute approximate surface area is 127 Å². The smallest absolute Gasteiger partial charge is 0.242 e. The Hall–Kier alpha value is -1.11. The molecule has 0 spiro atoms. The van der Waals surface area contributed by atoms with Crippen molar-refractivity contribution in [2.45, 2.75) is 43.0 Å². The molecular weight excluding hydrogens is 286 g/mol. The third-order valence-electron chi connectivity index (χ3n) is 4.47. The fourth-order valence-electron chi connectivity index (χ4n) is 2.89. The van der Waals surface area contributed by atoms with E-state index in [2.05, 4.69) is 17.0 Å². The maximum atomic E-state index is 12.1. The highest BCUT2D eigenvalue weighted by Crippen LogP contribution is 2.35. The first kappa shape index (κ1) is 16.3. The molecule has 1 aliphatic carbocycles. The van der Waals surface area contributed by atoms with E-state index < -0.39 is 10.0 Å². The summed E-state index contributed by atoms with van der Waals surface area (Å²) in [6.07, 6.45) is 4.17. The van der Waals surface area contributed by atoms with Crippen LogP contribution in [-0.2, 0) is 10.0 Å². The maximum Gasteiger partial charge on any atom is 0.242 e. The first-order valence-electron chi connectivity index (χ1n) is 7.43. The molecule has 21 heavy (non-hydrogen) atoms. The molecule has 0 aromatic heterocycles. The minimum Gasteiger partial charge on any atom is -0.377 e. The van der Waals surface area contributed by atoms with Gasteiger partial charge in [0.1, 0.15) is 4.90 Å². The van der Waals surface area contributed by atoms with E-state index >= 15 is 0 Å². The van der Waals surface area contributed by atoms with Crippen molar-refractivity contribution in [2.24, 2.45) is 11.7 Å². The molecule has 0 saturated heterocycles. The van der Waals surface area contributed by atoms with Crippen LogP contribution in [0.5, 0.6) is 0 Å². The lowest BCUT2D eigenvalue weighted by molar-refractivity contribution is 0.271. The fourth-order valence-corrected chi connectivity index (χ4v) is 3.78. The van der Waals surface area contributed by atoms with Crippen molar-refractivity contribution < 1.29 is 8.42 Å². The van der Waals surface area contributed by atoms with Gasteiger partial charge in [-0.15, -0.1) is 0 Å². The second kappa shape index (κ2) is 6.34. The second-order valence-electron chi connectivity index (χ2n) is 6.00. The van der Waals surface area contributed by atoms with Crippen molar-refractivity contribution in [1.29, 1.82) is 0 Å². The summed E-state index contributed by atoms with van der Waals surface area (Å²) >= 11 is 0. The zero-order valence-corrected chi connectivity index (χ0v) is 13.5. The zero-order valence-electron chi connectivity index (χ0n) is 12.7. The van der Waals surface area contributed by atoms with Crippen LogP contribution < -0.4 is 15.8 Å². The topological polar surface area (TPSA) is 84.2 Å². The molecule has 1 aromatic rings. The molecule has 5 nitrogen and oxygen atoms in total. The molecule has 2 rings (SSSR count). The number of para-hydroxylation sites is 1. The van der Waals surface area contributed by atoms with Gasteiger partial charge in [-0.3, -0.25) is 0 Å². The Bertz CT molecular complexity index is 578. The van der Waals surface area contributed by atoms with E-state index in [1.54, 1.807) is 18.2 Å². The Kier molecular flexibility index (Phi) is 4.91. The first-order chi connectivity index (χ1) is 9.92. The number of hydrogen-bond acceptors (Lipinski definition) is 4. The van der Waals surface area contributed by atoms with Gasteiger partial charge in [-0.2, -0.15) is 0 Å². The van der Waals surface area contributed by atoms with Crippen LogP contribution in [0.2, 0.25) is 0 Å². The van der Waals surface area contributed by atoms with Crippen LogP contribution in [0.1, 0.15) is 32.6 Å². The summed E-state index contributed by atoms with van der Waals surface area (Å²) in [5.41, 5.74) is 6.42. The lowest BCUT2D eigenvalue weighted by Crippen LogP contribution is -2.48. The fraction of sp³-hybridized carbons (Fsp3) is 0.600. The Morgan fingerprint density at radius 3 is 2.48 bits per heavy atom. The van der Waals surface area contributed by atoms with Gasteiger partial charge in [0.2, 0.25) is 10.0 Å². The SMILES string of the molecule is CNS(=O)(=O)c1ccccc1NC1(CN)CCC(C)CC1. The summed E-state index contributed by atoms with van der Waals surface area (Å²) in [5, 5.41) is 3.43. The predicted molar refractivity (Wildman–Crippen MR) is 85.7 cm³/mol. The van der Waals surface area contributed by atoms with Gasteiger partial charge in [-0.05, 0) is 50.8 Å². The van der Waals surface area contributed by atoms with Gasteiger partial charge in [0.05, 0.1) is 5.69 Å². The molecule has 1 aliphatic rings. The molecule has 1 aromatic carbocycles. The quantitative estimate of drug-likeness (QED) is 0.775. The van der Waals surface area contributed by atoms with E-state index in [1.165, 1.54) is 7.05 Å². The van der Waals surface area contributed by atoms with E-state index in [0.29, 0.717) is 18.2 Å². The number of rotatable bonds is 5. The highest BCUT2D eigenvalue weighted by molar-refractivity contribution is 7.89. The number of anilines is 1. The van der Waals surface area contributed by atoms with Crippen LogP contribution in [0, 0.1) is 5.92 Å². The van der Waals surface area contributed by atoms with Crippen molar-refractivity contribution in [3.63, 3.8) is 0 Å². The van der Waals surface area contributed by atoms with Crippen molar-refractivity contribution in [3.05, 3.63) is 24.3 Å². The molecular formula is C15H25N3O2S. The predicted octanol–water partition coefficient (Wildman–Crippen LogP) is 1.91. The minimum absolute atomic E-state index is 0.203. The molecule has 6 heteroatoms. The average molecular weight is 311 g/mol. The van der Waals surface area contributed by atoms with Crippen LogP contribution in [0.15, 0.2) is 29.2 Å². The third-order valence-corrected chi connectivity index (χ3v) is 5.94. The average Bonchev–Trinajstić information content (AvgIpc) is 2.50. The molecule has 1 fully saturated rings. The summed E-state index contributed by atoms with van der Waals surface area (Å²) in [6, 6.07) is 6.99. The van der Waals surface area contributed by atoms with Gasteiger partial charge in [0, 0.05) is 12.1 Å². The van der Waals surface area contributed by atoms with E-state index in [-0.39, 0.29) is 10.4 Å². The lowest BCUT2D eigenvalue weighted by atomic mass is 9.77. The summed E-state index contributed by atoms with van der Waals surface area (Å²) < 4.78 is 26.6. The van der Waals surface area contributed by atoms with Gasteiger partial charge >= 0.3 is 0 Å². The summed E-state index contributed by atoms with van der Waals surface area (Å²) in [7, 11) is -2.05. The van der Waals surface area contributed by atoms with Crippen LogP contribution in [0.4, 0.5) is 5.69 Å². The Morgan fingerprint density at radius 1 is 1.29 bits per heavy atom. The summed E-state index contributed by atoms with van der Waals surface area (Å²) in [4.78, 5) is 0.277. The highest BCUT2D eigenvalue weighted by atomic mass is 32.2. The third kappa shape index (κ3) is 3.56. The lowest BCUT2D eigenvalue weighted by Gasteiger charge is -2.40. The minimum atomic E-state index is -3.48. The molecule has 118 valence electrons. The molecule has 0 heterocycles. The Balaban J connectivity index is 2.31. The molecule has 0 aliphatic heterocycles. The van der Waals surface area contributed by atoms with Gasteiger partial charge < -0.3 is 11.1 Å². The van der Waals surface area contributed by atoms with Gasteiger partial charge in [0.15, 0.2) is 0 Å². The van der Waals surface area contributed by atoms with Gasteiger partial charge in [0.25, 0.3) is 0 Å². The number of sulfonamides is 1. The largest absolute Gasteiger partial charge is 0.377 e.